The van der Waals surface area contributed by atoms with Crippen molar-refractivity contribution in [3.05, 3.63) is 0 Å². The second-order valence-corrected chi connectivity index (χ2v) is 5.16. The summed E-state index contributed by atoms with van der Waals surface area (Å²) in [6.45, 7) is 2.32. The number of carbonyl (C=O) groups is 1. The van der Waals surface area contributed by atoms with Crippen LogP contribution in [0.2, 0.25) is 0 Å². The maximum atomic E-state index is 11.3. The van der Waals surface area contributed by atoms with Gasteiger partial charge in [-0.1, -0.05) is 32.6 Å². The van der Waals surface area contributed by atoms with E-state index >= 15 is 0 Å². The number of carbonyl (C=O) groups excluding carboxylic acids is 1. The van der Waals surface area contributed by atoms with Crippen molar-refractivity contribution >= 4 is 5.78 Å². The van der Waals surface area contributed by atoms with Gasteiger partial charge in [0.25, 0.3) is 0 Å². The van der Waals surface area contributed by atoms with Crippen LogP contribution in [0.4, 0.5) is 0 Å². The van der Waals surface area contributed by atoms with Gasteiger partial charge < -0.3 is 0 Å². The van der Waals surface area contributed by atoms with E-state index in [9.17, 15) is 4.79 Å². The molecule has 3 unspecified atom stereocenters. The molecule has 2 aliphatic carbocycles. The van der Waals surface area contributed by atoms with Crippen LogP contribution in [0.25, 0.3) is 0 Å². The van der Waals surface area contributed by atoms with E-state index in [1.54, 1.807) is 0 Å². The highest BCUT2D eigenvalue weighted by Crippen LogP contribution is 2.42. The van der Waals surface area contributed by atoms with E-state index in [0.29, 0.717) is 5.78 Å². The number of rotatable bonds is 2. The molecule has 2 rings (SSSR count). The monoisotopic (exact) mass is 194 g/mol. The van der Waals surface area contributed by atoms with Crippen molar-refractivity contribution in [2.24, 2.45) is 17.8 Å². The summed E-state index contributed by atoms with van der Waals surface area (Å²) in [4.78, 5) is 11.3. The third kappa shape index (κ3) is 2.02. The van der Waals surface area contributed by atoms with Crippen LogP contribution in [0.1, 0.15) is 58.3 Å². The predicted molar refractivity (Wildman–Crippen MR) is 58.1 cm³/mol. The average Bonchev–Trinajstić information content (AvgIpc) is 2.65. The van der Waals surface area contributed by atoms with Gasteiger partial charge in [-0.05, 0) is 30.6 Å². The smallest absolute Gasteiger partial charge is 0.133 e. The molecule has 2 saturated carbocycles. The van der Waals surface area contributed by atoms with Crippen LogP contribution in [-0.4, -0.2) is 5.78 Å². The average molecular weight is 194 g/mol. The summed E-state index contributed by atoms with van der Waals surface area (Å²) in [5.74, 6) is 3.10. The fourth-order valence-corrected chi connectivity index (χ4v) is 3.57. The lowest BCUT2D eigenvalue weighted by atomic mass is 9.71. The Morgan fingerprint density at radius 2 is 2.00 bits per heavy atom. The number of Topliss-reactive ketones (excluding diaryl/α,β-unsaturated/α-hetero) is 1. The summed E-state index contributed by atoms with van der Waals surface area (Å²) < 4.78 is 0. The zero-order valence-corrected chi connectivity index (χ0v) is 9.30. The molecular formula is C13H22O. The van der Waals surface area contributed by atoms with Crippen molar-refractivity contribution in [3.8, 4) is 0 Å². The van der Waals surface area contributed by atoms with Gasteiger partial charge in [-0.2, -0.15) is 0 Å². The Balaban J connectivity index is 1.96. The van der Waals surface area contributed by atoms with Gasteiger partial charge in [0.2, 0.25) is 0 Å². The molecule has 0 spiro atoms. The molecule has 2 aliphatic rings. The first kappa shape index (κ1) is 10.2. The van der Waals surface area contributed by atoms with Crippen molar-refractivity contribution in [1.82, 2.24) is 0 Å². The minimum Gasteiger partial charge on any atom is -0.300 e. The summed E-state index contributed by atoms with van der Waals surface area (Å²) in [5.41, 5.74) is 0. The second-order valence-electron chi connectivity index (χ2n) is 5.16. The first-order valence-electron chi connectivity index (χ1n) is 6.33. The molecule has 0 amide bonds. The molecule has 0 aromatic carbocycles. The molecule has 2 fully saturated rings. The third-order valence-electron chi connectivity index (χ3n) is 4.38. The Morgan fingerprint density at radius 1 is 1.21 bits per heavy atom. The fourth-order valence-electron chi connectivity index (χ4n) is 3.57. The van der Waals surface area contributed by atoms with E-state index in [-0.39, 0.29) is 0 Å². The van der Waals surface area contributed by atoms with Crippen LogP contribution >= 0.6 is 0 Å². The quantitative estimate of drug-likeness (QED) is 0.656. The van der Waals surface area contributed by atoms with Crippen LogP contribution in [0.15, 0.2) is 0 Å². The molecule has 0 aromatic rings. The number of hydrogen-bond acceptors (Lipinski definition) is 1. The third-order valence-corrected chi connectivity index (χ3v) is 4.38. The van der Waals surface area contributed by atoms with E-state index in [1.165, 1.54) is 38.5 Å². The van der Waals surface area contributed by atoms with E-state index in [2.05, 4.69) is 6.92 Å². The zero-order chi connectivity index (χ0) is 9.97. The molecule has 3 atom stereocenters. The Hall–Kier alpha value is -0.330. The number of hydrogen-bond donors (Lipinski definition) is 0. The Morgan fingerprint density at radius 3 is 2.64 bits per heavy atom. The molecular weight excluding hydrogens is 172 g/mol. The Labute approximate surface area is 87.3 Å². The highest BCUT2D eigenvalue weighted by molar-refractivity contribution is 5.80. The number of ketones is 1. The Bertz CT molecular complexity index is 209. The van der Waals surface area contributed by atoms with Gasteiger partial charge >= 0.3 is 0 Å². The molecule has 0 heterocycles. The van der Waals surface area contributed by atoms with Crippen molar-refractivity contribution in [1.29, 1.82) is 0 Å². The molecule has 0 radical (unpaired) electrons. The van der Waals surface area contributed by atoms with Crippen LogP contribution < -0.4 is 0 Å². The first-order chi connectivity index (χ1) is 6.81. The first-order valence-corrected chi connectivity index (χ1v) is 6.33. The van der Waals surface area contributed by atoms with Gasteiger partial charge in [0.15, 0.2) is 0 Å². The molecule has 1 heteroatoms. The van der Waals surface area contributed by atoms with E-state index in [4.69, 9.17) is 0 Å². The predicted octanol–water partition coefficient (Wildman–Crippen LogP) is 3.57. The fraction of sp³-hybridized carbons (Fsp3) is 0.923. The second kappa shape index (κ2) is 4.46. The summed E-state index contributed by atoms with van der Waals surface area (Å²) in [6, 6.07) is 0. The minimum atomic E-state index is 0.524. The van der Waals surface area contributed by atoms with Crippen molar-refractivity contribution < 1.29 is 4.79 Å². The van der Waals surface area contributed by atoms with Gasteiger partial charge in [-0.25, -0.2) is 0 Å². The zero-order valence-electron chi connectivity index (χ0n) is 9.30. The topological polar surface area (TPSA) is 17.1 Å². The van der Waals surface area contributed by atoms with Crippen LogP contribution in [0.3, 0.4) is 0 Å². The van der Waals surface area contributed by atoms with Crippen molar-refractivity contribution in [2.75, 3.05) is 0 Å². The highest BCUT2D eigenvalue weighted by atomic mass is 16.1. The van der Waals surface area contributed by atoms with E-state index in [0.717, 1.165) is 30.6 Å². The largest absolute Gasteiger partial charge is 0.300 e. The highest BCUT2D eigenvalue weighted by Gasteiger charge is 2.34. The molecule has 14 heavy (non-hydrogen) atoms. The molecule has 0 saturated heterocycles. The lowest BCUT2D eigenvalue weighted by molar-refractivity contribution is -0.117. The summed E-state index contributed by atoms with van der Waals surface area (Å²) in [6.07, 6.45) is 9.96. The Kier molecular flexibility index (Phi) is 3.25. The standard InChI is InChI=1S/C13H22O/c1-2-10-5-3-4-6-13(10)11-7-8-12(14)9-11/h10-11,13H,2-9H2,1H3. The van der Waals surface area contributed by atoms with Gasteiger partial charge in [0, 0.05) is 12.8 Å². The van der Waals surface area contributed by atoms with Gasteiger partial charge in [-0.15, -0.1) is 0 Å². The van der Waals surface area contributed by atoms with Crippen LogP contribution in [-0.2, 0) is 4.79 Å². The SMILES string of the molecule is CCC1CCCCC1C1CCC(=O)C1. The van der Waals surface area contributed by atoms with Crippen molar-refractivity contribution in [3.63, 3.8) is 0 Å². The minimum absolute atomic E-state index is 0.524. The maximum Gasteiger partial charge on any atom is 0.133 e. The van der Waals surface area contributed by atoms with E-state index < -0.39 is 0 Å². The normalized spacial score (nSPS) is 38.9. The molecule has 0 bridgehead atoms. The van der Waals surface area contributed by atoms with Crippen LogP contribution in [0.5, 0.6) is 0 Å². The lowest BCUT2D eigenvalue weighted by Crippen LogP contribution is -2.25. The van der Waals surface area contributed by atoms with Gasteiger partial charge in [0.05, 0.1) is 0 Å². The molecule has 0 aromatic heterocycles. The molecule has 0 N–H and O–H groups in total. The van der Waals surface area contributed by atoms with Gasteiger partial charge in [0.1, 0.15) is 5.78 Å². The van der Waals surface area contributed by atoms with Crippen LogP contribution in [0, 0.1) is 17.8 Å². The molecule has 0 aliphatic heterocycles. The summed E-state index contributed by atoms with van der Waals surface area (Å²) in [7, 11) is 0. The molecule has 1 nitrogen and oxygen atoms in total. The molecule has 80 valence electrons. The van der Waals surface area contributed by atoms with Gasteiger partial charge in [-0.3, -0.25) is 4.79 Å². The summed E-state index contributed by atoms with van der Waals surface area (Å²) in [5, 5.41) is 0. The lowest BCUT2D eigenvalue weighted by Gasteiger charge is -2.34. The maximum absolute atomic E-state index is 11.3. The summed E-state index contributed by atoms with van der Waals surface area (Å²) >= 11 is 0. The van der Waals surface area contributed by atoms with E-state index in [1.807, 2.05) is 0 Å². The van der Waals surface area contributed by atoms with Crippen molar-refractivity contribution in [2.45, 2.75) is 58.3 Å².